The highest BCUT2D eigenvalue weighted by Gasteiger charge is 2.41. The molecule has 2 heterocycles. The Kier molecular flexibility index (Phi) is 6.25. The zero-order valence-corrected chi connectivity index (χ0v) is 18.3. The van der Waals surface area contributed by atoms with E-state index in [1.54, 1.807) is 18.2 Å². The molecule has 3 aromatic rings. The van der Waals surface area contributed by atoms with Gasteiger partial charge in [-0.3, -0.25) is 9.11 Å². The maximum atomic E-state index is 11.6. The van der Waals surface area contributed by atoms with Gasteiger partial charge in [0.2, 0.25) is 5.52 Å². The van der Waals surface area contributed by atoms with Gasteiger partial charge in [0.1, 0.15) is 4.70 Å². The number of benzene rings is 2. The Morgan fingerprint density at radius 1 is 1.00 bits per heavy atom. The van der Waals surface area contributed by atoms with Crippen molar-refractivity contribution in [2.75, 3.05) is 5.32 Å². The van der Waals surface area contributed by atoms with Gasteiger partial charge in [0, 0.05) is 11.0 Å². The minimum Gasteiger partial charge on any atom is -0.870 e. The Bertz CT molecular complexity index is 1290. The molecule has 30 heavy (non-hydrogen) atoms. The van der Waals surface area contributed by atoms with Crippen molar-refractivity contribution in [3.05, 3.63) is 58.6 Å². The standard InChI is InChI=1S/C17H14N2O6S4.H2O/c20-28(21,22)17(29(23,24)25)10-19-12-6-2-4-8-14(12)27-16(19)9-15-18-11-5-1-3-7-13(11)26-15;/h1-9,17H,10H2,(H2,20,21,22,23,24,25);1H2. The first-order valence-corrected chi connectivity index (χ1v) is 12.9. The van der Waals surface area contributed by atoms with E-state index in [4.69, 9.17) is 0 Å². The van der Waals surface area contributed by atoms with Crippen LogP contribution in [0.2, 0.25) is 0 Å². The van der Waals surface area contributed by atoms with Gasteiger partial charge >= 0.3 is 0 Å². The van der Waals surface area contributed by atoms with Gasteiger partial charge in [0.25, 0.3) is 29.8 Å². The molecule has 0 amide bonds. The molecule has 0 bridgehead atoms. The van der Waals surface area contributed by atoms with Crippen molar-refractivity contribution in [1.82, 2.24) is 0 Å². The Hall–Kier alpha value is -2.00. The molecule has 4 rings (SSSR count). The van der Waals surface area contributed by atoms with Crippen molar-refractivity contribution in [2.24, 2.45) is 0 Å². The highest BCUT2D eigenvalue weighted by Crippen LogP contribution is 2.41. The van der Waals surface area contributed by atoms with Crippen molar-refractivity contribution in [1.29, 1.82) is 0 Å². The summed E-state index contributed by atoms with van der Waals surface area (Å²) in [6, 6.07) is 14.8. The van der Waals surface area contributed by atoms with Crippen LogP contribution in [-0.2, 0) is 26.8 Å². The molecule has 0 saturated carbocycles. The molecule has 0 aliphatic carbocycles. The van der Waals surface area contributed by atoms with Crippen LogP contribution < -0.4 is 9.88 Å². The van der Waals surface area contributed by atoms with Crippen LogP contribution in [0.15, 0.2) is 58.5 Å². The Morgan fingerprint density at radius 3 is 2.30 bits per heavy atom. The van der Waals surface area contributed by atoms with Crippen LogP contribution in [0.3, 0.4) is 0 Å². The predicted octanol–water partition coefficient (Wildman–Crippen LogP) is 2.63. The summed E-state index contributed by atoms with van der Waals surface area (Å²) < 4.78 is 65.1. The van der Waals surface area contributed by atoms with E-state index in [2.05, 4.69) is 5.32 Å². The lowest BCUT2D eigenvalue weighted by Crippen LogP contribution is -2.47. The second-order valence-electron chi connectivity index (χ2n) is 6.21. The first kappa shape index (κ1) is 22.7. The molecule has 2 aromatic carbocycles. The molecule has 160 valence electrons. The van der Waals surface area contributed by atoms with E-state index >= 15 is 0 Å². The van der Waals surface area contributed by atoms with Crippen LogP contribution in [0.25, 0.3) is 16.3 Å². The molecule has 0 spiro atoms. The third-order valence-corrected chi connectivity index (χ3v) is 9.47. The number of rotatable bonds is 5. The van der Waals surface area contributed by atoms with Crippen molar-refractivity contribution in [3.8, 4) is 0 Å². The number of hydrogen-bond acceptors (Lipinski definition) is 8. The average Bonchev–Trinajstić information content (AvgIpc) is 3.18. The molecule has 1 aliphatic heterocycles. The maximum Gasteiger partial charge on any atom is 0.291 e. The largest absolute Gasteiger partial charge is 0.870 e. The van der Waals surface area contributed by atoms with Gasteiger partial charge in [0.05, 0.1) is 16.8 Å². The molecule has 0 atom stereocenters. The van der Waals surface area contributed by atoms with Crippen molar-refractivity contribution in [3.63, 3.8) is 0 Å². The van der Waals surface area contributed by atoms with Gasteiger partial charge in [-0.15, -0.1) is 0 Å². The van der Waals surface area contributed by atoms with Crippen LogP contribution in [0.4, 0.5) is 5.69 Å². The molecule has 1 aliphatic rings. The molecule has 4 N–H and O–H groups in total. The SMILES string of the molecule is O=S(=O)(O)C(C[n+]1c(C=C2Nc3ccccc3S2)sc2ccccc21)S(=O)(=O)O.[OH-]. The summed E-state index contributed by atoms with van der Waals surface area (Å²) in [6.45, 7) is -0.654. The second-order valence-corrected chi connectivity index (χ2v) is 11.9. The van der Waals surface area contributed by atoms with E-state index in [9.17, 15) is 25.9 Å². The molecule has 13 heteroatoms. The van der Waals surface area contributed by atoms with Gasteiger partial charge in [-0.2, -0.15) is 21.4 Å². The third-order valence-electron chi connectivity index (χ3n) is 4.25. The molecular weight excluding hydrogens is 472 g/mol. The van der Waals surface area contributed by atoms with Crippen LogP contribution in [-0.4, -0.2) is 36.0 Å². The zero-order chi connectivity index (χ0) is 20.8. The van der Waals surface area contributed by atoms with Crippen molar-refractivity contribution < 1.29 is 36.0 Å². The number of nitrogens with zero attached hydrogens (tertiary/aromatic N) is 1. The average molecular weight is 489 g/mol. The van der Waals surface area contributed by atoms with Crippen molar-refractivity contribution in [2.45, 2.75) is 16.0 Å². The van der Waals surface area contributed by atoms with Crippen LogP contribution >= 0.6 is 23.1 Å². The van der Waals surface area contributed by atoms with E-state index in [1.807, 2.05) is 36.4 Å². The minimum absolute atomic E-state index is 0. The quantitative estimate of drug-likeness (QED) is 0.363. The van der Waals surface area contributed by atoms with E-state index in [0.717, 1.165) is 20.3 Å². The third kappa shape index (κ3) is 4.51. The Balaban J connectivity index is 0.00000256. The highest BCUT2D eigenvalue weighted by atomic mass is 32.3. The number of thioether (sulfide) groups is 1. The van der Waals surface area contributed by atoms with E-state index in [-0.39, 0.29) is 5.48 Å². The number of hydrogen-bond donors (Lipinski definition) is 3. The van der Waals surface area contributed by atoms with Crippen molar-refractivity contribution >= 4 is 65.3 Å². The summed E-state index contributed by atoms with van der Waals surface area (Å²) in [5.41, 5.74) is 1.52. The topological polar surface area (TPSA) is 155 Å². The summed E-state index contributed by atoms with van der Waals surface area (Å²) >= 11 is 2.82. The molecule has 0 unspecified atom stereocenters. The predicted molar refractivity (Wildman–Crippen MR) is 115 cm³/mol. The molecular formula is C17H16N2O7S4. The number of anilines is 1. The summed E-state index contributed by atoms with van der Waals surface area (Å²) in [5, 5.41) is 4.59. The van der Waals surface area contributed by atoms with E-state index in [0.29, 0.717) is 10.5 Å². The van der Waals surface area contributed by atoms with E-state index < -0.39 is 31.4 Å². The number of aromatic nitrogens is 1. The first-order chi connectivity index (χ1) is 13.6. The Morgan fingerprint density at radius 2 is 1.63 bits per heavy atom. The fraction of sp³-hybridized carbons (Fsp3) is 0.118. The van der Waals surface area contributed by atoms with E-state index in [1.165, 1.54) is 27.7 Å². The number of para-hydroxylation sites is 2. The first-order valence-electron chi connectivity index (χ1n) is 8.22. The normalized spacial score (nSPS) is 15.2. The number of thiazole rings is 1. The zero-order valence-electron chi connectivity index (χ0n) is 15.0. The fourth-order valence-electron chi connectivity index (χ4n) is 2.95. The maximum absolute atomic E-state index is 11.6. The van der Waals surface area contributed by atoms with Gasteiger partial charge in [0.15, 0.2) is 6.54 Å². The summed E-state index contributed by atoms with van der Waals surface area (Å²) in [6.07, 6.45) is 1.78. The lowest BCUT2D eigenvalue weighted by Gasteiger charge is -2.07. The van der Waals surface area contributed by atoms with Crippen LogP contribution in [0, 0.1) is 0 Å². The number of fused-ring (bicyclic) bond motifs is 2. The summed E-state index contributed by atoms with van der Waals surface area (Å²) in [4.78, 5) is 1.03. The lowest BCUT2D eigenvalue weighted by molar-refractivity contribution is -0.665. The highest BCUT2D eigenvalue weighted by molar-refractivity contribution is 8.04. The molecule has 0 radical (unpaired) electrons. The monoisotopic (exact) mass is 488 g/mol. The van der Waals surface area contributed by atoms with Crippen LogP contribution in [0.5, 0.6) is 0 Å². The smallest absolute Gasteiger partial charge is 0.291 e. The van der Waals surface area contributed by atoms with Gasteiger partial charge in [-0.25, -0.2) is 0 Å². The molecule has 0 fully saturated rings. The van der Waals surface area contributed by atoms with Gasteiger partial charge in [-0.05, 0) is 18.2 Å². The number of nitrogens with one attached hydrogen (secondary N) is 1. The lowest BCUT2D eigenvalue weighted by atomic mass is 10.3. The fourth-order valence-corrected chi connectivity index (χ4v) is 6.99. The Labute approximate surface area is 180 Å². The molecule has 1 aromatic heterocycles. The van der Waals surface area contributed by atoms with Crippen LogP contribution in [0.1, 0.15) is 5.01 Å². The summed E-state index contributed by atoms with van der Waals surface area (Å²) in [5.74, 6) is 0. The second kappa shape index (κ2) is 8.26. The van der Waals surface area contributed by atoms with Gasteiger partial charge < -0.3 is 10.8 Å². The summed E-state index contributed by atoms with van der Waals surface area (Å²) in [7, 11) is -10.1. The molecule has 9 nitrogen and oxygen atoms in total. The molecule has 0 saturated heterocycles. The van der Waals surface area contributed by atoms with Gasteiger partial charge in [-0.1, -0.05) is 47.4 Å². The minimum atomic E-state index is -5.05.